The van der Waals surface area contributed by atoms with Crippen LogP contribution in [0.25, 0.3) is 0 Å². The predicted molar refractivity (Wildman–Crippen MR) is 83.5 cm³/mol. The molecule has 0 aliphatic rings. The first-order chi connectivity index (χ1) is 10.3. The van der Waals surface area contributed by atoms with Crippen LogP contribution in [0, 0.1) is 0 Å². The number of ether oxygens (including phenoxy) is 2. The summed E-state index contributed by atoms with van der Waals surface area (Å²) in [6, 6.07) is 11.8. The molecule has 0 aliphatic heterocycles. The molecule has 1 N–H and O–H groups in total. The van der Waals surface area contributed by atoms with Crippen LogP contribution in [0.1, 0.15) is 11.3 Å². The van der Waals surface area contributed by atoms with Crippen molar-refractivity contribution in [2.75, 3.05) is 13.7 Å². The van der Waals surface area contributed by atoms with Crippen LogP contribution in [-0.4, -0.2) is 18.7 Å². The highest BCUT2D eigenvalue weighted by Crippen LogP contribution is 2.28. The zero-order valence-electron chi connectivity index (χ0n) is 12.6. The van der Waals surface area contributed by atoms with Crippen LogP contribution in [-0.2, 0) is 13.1 Å². The molecule has 5 heteroatoms. The van der Waals surface area contributed by atoms with Crippen molar-refractivity contribution in [3.63, 3.8) is 0 Å². The largest absolute Gasteiger partial charge is 1.00 e. The second-order valence-corrected chi connectivity index (χ2v) is 4.51. The van der Waals surface area contributed by atoms with Crippen LogP contribution in [0.4, 0.5) is 0 Å². The van der Waals surface area contributed by atoms with Gasteiger partial charge < -0.3 is 27.2 Å². The van der Waals surface area contributed by atoms with E-state index in [9.17, 15) is 0 Å². The minimum Gasteiger partial charge on any atom is -1.00 e. The number of pyridine rings is 1. The molecular formula is C17H20ClN2O2-. The van der Waals surface area contributed by atoms with E-state index in [-0.39, 0.29) is 12.4 Å². The first-order valence-electron chi connectivity index (χ1n) is 6.84. The number of nitrogens with zero attached hydrogens (tertiary/aromatic N) is 1. The molecule has 0 saturated heterocycles. The SMILES string of the molecule is C=CCOc1ccc(CNCc2ccccn2)cc1OC.[Cl-]. The quantitative estimate of drug-likeness (QED) is 0.693. The fraction of sp³-hybridized carbons (Fsp3) is 0.235. The molecule has 1 aromatic heterocycles. The molecule has 1 aromatic carbocycles. The lowest BCUT2D eigenvalue weighted by atomic mass is 10.2. The zero-order chi connectivity index (χ0) is 14.9. The average molecular weight is 320 g/mol. The van der Waals surface area contributed by atoms with Gasteiger partial charge in [0.15, 0.2) is 11.5 Å². The van der Waals surface area contributed by atoms with Gasteiger partial charge in [0.25, 0.3) is 0 Å². The van der Waals surface area contributed by atoms with Gasteiger partial charge in [0.2, 0.25) is 0 Å². The third kappa shape index (κ3) is 5.39. The Morgan fingerprint density at radius 1 is 1.18 bits per heavy atom. The molecule has 1 heterocycles. The van der Waals surface area contributed by atoms with E-state index in [2.05, 4.69) is 16.9 Å². The van der Waals surface area contributed by atoms with Gasteiger partial charge in [-0.15, -0.1) is 0 Å². The van der Waals surface area contributed by atoms with Gasteiger partial charge >= 0.3 is 0 Å². The van der Waals surface area contributed by atoms with E-state index in [1.807, 2.05) is 36.4 Å². The third-order valence-corrected chi connectivity index (χ3v) is 2.95. The molecule has 2 aromatic rings. The van der Waals surface area contributed by atoms with Crippen molar-refractivity contribution in [3.8, 4) is 11.5 Å². The minimum absolute atomic E-state index is 0. The topological polar surface area (TPSA) is 43.4 Å². The summed E-state index contributed by atoms with van der Waals surface area (Å²) in [5, 5.41) is 3.36. The summed E-state index contributed by atoms with van der Waals surface area (Å²) in [4.78, 5) is 4.27. The van der Waals surface area contributed by atoms with Gasteiger partial charge in [0, 0.05) is 19.3 Å². The van der Waals surface area contributed by atoms with E-state index in [1.54, 1.807) is 19.4 Å². The standard InChI is InChI=1S/C17H20N2O2.ClH/c1-3-10-21-16-8-7-14(11-17(16)20-2)12-18-13-15-6-4-5-9-19-15;/h3-9,11,18H,1,10,12-13H2,2H3;1H/p-1. The lowest BCUT2D eigenvalue weighted by Crippen LogP contribution is -3.00. The Morgan fingerprint density at radius 2 is 2.05 bits per heavy atom. The van der Waals surface area contributed by atoms with Gasteiger partial charge in [0.1, 0.15) is 6.61 Å². The monoisotopic (exact) mass is 319 g/mol. The number of halogens is 1. The first kappa shape index (κ1) is 18.0. The molecular weight excluding hydrogens is 300 g/mol. The molecule has 0 atom stereocenters. The van der Waals surface area contributed by atoms with Gasteiger partial charge in [-0.05, 0) is 29.8 Å². The predicted octanol–water partition coefficient (Wildman–Crippen LogP) is -0.0512. The summed E-state index contributed by atoms with van der Waals surface area (Å²) < 4.78 is 10.9. The summed E-state index contributed by atoms with van der Waals surface area (Å²) >= 11 is 0. The Balaban J connectivity index is 0.00000242. The molecule has 0 spiro atoms. The van der Waals surface area contributed by atoms with Gasteiger partial charge in [-0.1, -0.05) is 24.8 Å². The number of benzene rings is 1. The number of hydrogen-bond acceptors (Lipinski definition) is 4. The average Bonchev–Trinajstić information content (AvgIpc) is 2.54. The molecule has 0 aliphatic carbocycles. The van der Waals surface area contributed by atoms with Crippen molar-refractivity contribution in [1.82, 2.24) is 10.3 Å². The van der Waals surface area contributed by atoms with Crippen LogP contribution in [0.5, 0.6) is 11.5 Å². The second kappa shape index (κ2) is 9.82. The summed E-state index contributed by atoms with van der Waals surface area (Å²) in [6.45, 7) is 5.58. The molecule has 0 bridgehead atoms. The van der Waals surface area contributed by atoms with Gasteiger partial charge in [0.05, 0.1) is 12.8 Å². The molecule has 0 amide bonds. The number of hydrogen-bond donors (Lipinski definition) is 1. The maximum atomic E-state index is 5.53. The van der Waals surface area contributed by atoms with Crippen molar-refractivity contribution in [3.05, 3.63) is 66.5 Å². The van der Waals surface area contributed by atoms with E-state index >= 15 is 0 Å². The number of nitrogens with one attached hydrogen (secondary N) is 1. The highest BCUT2D eigenvalue weighted by atomic mass is 35.5. The fourth-order valence-electron chi connectivity index (χ4n) is 1.93. The van der Waals surface area contributed by atoms with Gasteiger partial charge in [-0.3, -0.25) is 4.98 Å². The summed E-state index contributed by atoms with van der Waals surface area (Å²) in [5.74, 6) is 1.46. The van der Waals surface area contributed by atoms with Crippen molar-refractivity contribution < 1.29 is 21.9 Å². The van der Waals surface area contributed by atoms with Gasteiger partial charge in [-0.2, -0.15) is 0 Å². The molecule has 118 valence electrons. The lowest BCUT2D eigenvalue weighted by molar-refractivity contribution is -0.00000500. The maximum absolute atomic E-state index is 5.53. The van der Waals surface area contributed by atoms with Crippen molar-refractivity contribution in [1.29, 1.82) is 0 Å². The van der Waals surface area contributed by atoms with Crippen molar-refractivity contribution in [2.45, 2.75) is 13.1 Å². The van der Waals surface area contributed by atoms with Crippen LogP contribution < -0.4 is 27.2 Å². The van der Waals surface area contributed by atoms with Crippen LogP contribution in [0.3, 0.4) is 0 Å². The van der Waals surface area contributed by atoms with Crippen LogP contribution >= 0.6 is 0 Å². The summed E-state index contributed by atoms with van der Waals surface area (Å²) in [6.07, 6.45) is 3.51. The Morgan fingerprint density at radius 3 is 2.73 bits per heavy atom. The van der Waals surface area contributed by atoms with E-state index < -0.39 is 0 Å². The van der Waals surface area contributed by atoms with Crippen molar-refractivity contribution >= 4 is 0 Å². The highest BCUT2D eigenvalue weighted by molar-refractivity contribution is 5.43. The number of methoxy groups -OCH3 is 1. The second-order valence-electron chi connectivity index (χ2n) is 4.51. The minimum atomic E-state index is 0. The number of rotatable bonds is 8. The van der Waals surface area contributed by atoms with E-state index in [1.165, 1.54) is 0 Å². The van der Waals surface area contributed by atoms with Crippen LogP contribution in [0.2, 0.25) is 0 Å². The molecule has 0 fully saturated rings. The first-order valence-corrected chi connectivity index (χ1v) is 6.84. The third-order valence-electron chi connectivity index (χ3n) is 2.95. The molecule has 4 nitrogen and oxygen atoms in total. The molecule has 2 rings (SSSR count). The Bertz CT molecular complexity index is 576. The lowest BCUT2D eigenvalue weighted by Gasteiger charge is -2.11. The van der Waals surface area contributed by atoms with E-state index in [0.717, 1.165) is 35.8 Å². The smallest absolute Gasteiger partial charge is 0.161 e. The van der Waals surface area contributed by atoms with Gasteiger partial charge in [-0.25, -0.2) is 0 Å². The molecule has 0 unspecified atom stereocenters. The Hall–Kier alpha value is -2.04. The summed E-state index contributed by atoms with van der Waals surface area (Å²) in [7, 11) is 1.64. The van der Waals surface area contributed by atoms with E-state index in [0.29, 0.717) is 6.61 Å². The summed E-state index contributed by atoms with van der Waals surface area (Å²) in [5.41, 5.74) is 2.16. The number of aromatic nitrogens is 1. The van der Waals surface area contributed by atoms with E-state index in [4.69, 9.17) is 9.47 Å². The van der Waals surface area contributed by atoms with Crippen molar-refractivity contribution in [2.24, 2.45) is 0 Å². The zero-order valence-corrected chi connectivity index (χ0v) is 13.3. The fourth-order valence-corrected chi connectivity index (χ4v) is 1.93. The normalized spacial score (nSPS) is 9.68. The Kier molecular flexibility index (Phi) is 8.04. The maximum Gasteiger partial charge on any atom is 0.161 e. The molecule has 22 heavy (non-hydrogen) atoms. The Labute approximate surface area is 137 Å². The van der Waals surface area contributed by atoms with Crippen LogP contribution in [0.15, 0.2) is 55.3 Å². The molecule has 0 radical (unpaired) electrons. The highest BCUT2D eigenvalue weighted by Gasteiger charge is 2.05. The molecule has 0 saturated carbocycles.